The fourth-order valence-electron chi connectivity index (χ4n) is 2.21. The number of hydrogen-bond donors (Lipinski definition) is 1. The van der Waals surface area contributed by atoms with Crippen LogP contribution in [0.15, 0.2) is 24.3 Å². The van der Waals surface area contributed by atoms with Crippen molar-refractivity contribution in [2.24, 2.45) is 5.73 Å². The molecule has 0 saturated carbocycles. The molecule has 2 N–H and O–H groups in total. The summed E-state index contributed by atoms with van der Waals surface area (Å²) in [6, 6.07) is 5.22. The molecule has 2 rings (SSSR count). The molecule has 0 aliphatic heterocycles. The van der Waals surface area contributed by atoms with Gasteiger partial charge >= 0.3 is 6.18 Å². The maximum Gasteiger partial charge on any atom is 0.416 e. The zero-order chi connectivity index (χ0) is 15.6. The van der Waals surface area contributed by atoms with Crippen molar-refractivity contribution < 1.29 is 13.2 Å². The summed E-state index contributed by atoms with van der Waals surface area (Å²) in [6.07, 6.45) is -3.90. The predicted molar refractivity (Wildman–Crippen MR) is 72.5 cm³/mol. The summed E-state index contributed by atoms with van der Waals surface area (Å²) in [5, 5.41) is 8.10. The van der Waals surface area contributed by atoms with Crippen LogP contribution in [0.5, 0.6) is 0 Å². The van der Waals surface area contributed by atoms with Gasteiger partial charge in [0, 0.05) is 12.5 Å². The van der Waals surface area contributed by atoms with Gasteiger partial charge in [-0.05, 0) is 31.5 Å². The van der Waals surface area contributed by atoms with E-state index in [1.54, 1.807) is 0 Å². The van der Waals surface area contributed by atoms with Crippen LogP contribution in [0.3, 0.4) is 0 Å². The summed E-state index contributed by atoms with van der Waals surface area (Å²) in [4.78, 5) is 0. The van der Waals surface area contributed by atoms with Gasteiger partial charge in [0.25, 0.3) is 0 Å². The third-order valence-corrected chi connectivity index (χ3v) is 3.18. The first-order chi connectivity index (χ1) is 9.82. The fourth-order valence-corrected chi connectivity index (χ4v) is 2.21. The average molecular weight is 298 g/mol. The molecule has 1 aromatic carbocycles. The first-order valence-electron chi connectivity index (χ1n) is 6.61. The molecule has 0 amide bonds. The van der Waals surface area contributed by atoms with E-state index in [1.165, 1.54) is 12.1 Å². The molecule has 0 unspecified atom stereocenters. The molecule has 21 heavy (non-hydrogen) atoms. The molecule has 0 atom stereocenters. The molecule has 0 radical (unpaired) electrons. The third kappa shape index (κ3) is 3.41. The van der Waals surface area contributed by atoms with Crippen molar-refractivity contribution in [1.29, 1.82) is 0 Å². The molecular formula is C14H17F3N4. The van der Waals surface area contributed by atoms with Crippen molar-refractivity contribution in [2.45, 2.75) is 39.0 Å². The van der Waals surface area contributed by atoms with E-state index in [4.69, 9.17) is 5.73 Å². The Kier molecular flexibility index (Phi) is 4.32. The van der Waals surface area contributed by atoms with Crippen molar-refractivity contribution in [3.05, 3.63) is 47.0 Å². The smallest absolute Gasteiger partial charge is 0.324 e. The standard InChI is InChI=1S/C14H17F3N4/c1-9(2)21-12(19-20-13(21)8-18)7-10-3-5-11(6-4-10)14(15,16)17/h3-6,9H,7-8,18H2,1-2H3. The number of aromatic nitrogens is 3. The highest BCUT2D eigenvalue weighted by Crippen LogP contribution is 2.29. The molecule has 4 nitrogen and oxygen atoms in total. The second-order valence-electron chi connectivity index (χ2n) is 5.07. The summed E-state index contributed by atoms with van der Waals surface area (Å²) >= 11 is 0. The number of nitrogens with zero attached hydrogens (tertiary/aromatic N) is 3. The van der Waals surface area contributed by atoms with Gasteiger partial charge in [0.2, 0.25) is 0 Å². The molecule has 1 aromatic heterocycles. The Morgan fingerprint density at radius 3 is 2.14 bits per heavy atom. The van der Waals surface area contributed by atoms with Crippen LogP contribution in [0.2, 0.25) is 0 Å². The Morgan fingerprint density at radius 1 is 1.10 bits per heavy atom. The first kappa shape index (κ1) is 15.5. The minimum Gasteiger partial charge on any atom is -0.324 e. The summed E-state index contributed by atoms with van der Waals surface area (Å²) in [6.45, 7) is 4.25. The van der Waals surface area contributed by atoms with Gasteiger partial charge in [-0.3, -0.25) is 0 Å². The van der Waals surface area contributed by atoms with Gasteiger partial charge in [0.1, 0.15) is 11.6 Å². The number of hydrogen-bond acceptors (Lipinski definition) is 3. The number of rotatable bonds is 4. The second kappa shape index (κ2) is 5.85. The lowest BCUT2D eigenvalue weighted by molar-refractivity contribution is -0.137. The van der Waals surface area contributed by atoms with Crippen molar-refractivity contribution in [3.8, 4) is 0 Å². The molecule has 0 spiro atoms. The largest absolute Gasteiger partial charge is 0.416 e. The highest BCUT2D eigenvalue weighted by molar-refractivity contribution is 5.26. The van der Waals surface area contributed by atoms with E-state index >= 15 is 0 Å². The van der Waals surface area contributed by atoms with Crippen LogP contribution in [-0.4, -0.2) is 14.8 Å². The zero-order valence-corrected chi connectivity index (χ0v) is 11.9. The highest BCUT2D eigenvalue weighted by Gasteiger charge is 2.30. The zero-order valence-electron chi connectivity index (χ0n) is 11.9. The minimum atomic E-state index is -4.32. The van der Waals surface area contributed by atoms with E-state index in [-0.39, 0.29) is 12.6 Å². The van der Waals surface area contributed by atoms with Gasteiger partial charge in [-0.25, -0.2) is 0 Å². The topological polar surface area (TPSA) is 56.7 Å². The van der Waals surface area contributed by atoms with Crippen LogP contribution in [0.1, 0.15) is 42.7 Å². The molecule has 2 aromatic rings. The van der Waals surface area contributed by atoms with Crippen molar-refractivity contribution in [3.63, 3.8) is 0 Å². The van der Waals surface area contributed by atoms with E-state index in [2.05, 4.69) is 10.2 Å². The summed E-state index contributed by atoms with van der Waals surface area (Å²) in [5.41, 5.74) is 5.71. The average Bonchev–Trinajstić information content (AvgIpc) is 2.81. The van der Waals surface area contributed by atoms with Crippen molar-refractivity contribution in [1.82, 2.24) is 14.8 Å². The molecular weight excluding hydrogens is 281 g/mol. The Balaban J connectivity index is 2.25. The molecule has 0 saturated heterocycles. The quantitative estimate of drug-likeness (QED) is 0.944. The maximum absolute atomic E-state index is 12.5. The lowest BCUT2D eigenvalue weighted by atomic mass is 10.1. The third-order valence-electron chi connectivity index (χ3n) is 3.18. The molecule has 0 bridgehead atoms. The normalized spacial score (nSPS) is 12.1. The van der Waals surface area contributed by atoms with Gasteiger partial charge < -0.3 is 10.3 Å². The second-order valence-corrected chi connectivity index (χ2v) is 5.07. The molecule has 1 heterocycles. The Labute approximate surface area is 120 Å². The minimum absolute atomic E-state index is 0.142. The molecule has 7 heteroatoms. The fraction of sp³-hybridized carbons (Fsp3) is 0.429. The van der Waals surface area contributed by atoms with E-state index in [0.717, 1.165) is 17.7 Å². The van der Waals surface area contributed by atoms with Crippen LogP contribution in [0.25, 0.3) is 0 Å². The summed E-state index contributed by atoms with van der Waals surface area (Å²) in [5.74, 6) is 1.37. The highest BCUT2D eigenvalue weighted by atomic mass is 19.4. The predicted octanol–water partition coefficient (Wildman–Crippen LogP) is 2.93. The van der Waals surface area contributed by atoms with Crippen LogP contribution >= 0.6 is 0 Å². The Bertz CT molecular complexity index is 600. The van der Waals surface area contributed by atoms with E-state index in [1.807, 2.05) is 18.4 Å². The van der Waals surface area contributed by atoms with Gasteiger partial charge in [-0.1, -0.05) is 12.1 Å². The lowest BCUT2D eigenvalue weighted by Crippen LogP contribution is -2.13. The summed E-state index contributed by atoms with van der Waals surface area (Å²) in [7, 11) is 0. The van der Waals surface area contributed by atoms with Crippen molar-refractivity contribution in [2.75, 3.05) is 0 Å². The van der Waals surface area contributed by atoms with Gasteiger partial charge in [-0.15, -0.1) is 10.2 Å². The van der Waals surface area contributed by atoms with Crippen molar-refractivity contribution >= 4 is 0 Å². The van der Waals surface area contributed by atoms with Crippen LogP contribution in [0.4, 0.5) is 13.2 Å². The van der Waals surface area contributed by atoms with E-state index < -0.39 is 11.7 Å². The van der Waals surface area contributed by atoms with Gasteiger partial charge in [0.15, 0.2) is 0 Å². The summed E-state index contributed by atoms with van der Waals surface area (Å²) < 4.78 is 39.5. The number of benzene rings is 1. The van der Waals surface area contributed by atoms with Gasteiger partial charge in [-0.2, -0.15) is 13.2 Å². The van der Waals surface area contributed by atoms with Crippen LogP contribution in [0, 0.1) is 0 Å². The van der Waals surface area contributed by atoms with Crippen LogP contribution < -0.4 is 5.73 Å². The van der Waals surface area contributed by atoms with Crippen LogP contribution in [-0.2, 0) is 19.1 Å². The van der Waals surface area contributed by atoms with E-state index in [0.29, 0.717) is 18.1 Å². The number of alkyl halides is 3. The Morgan fingerprint density at radius 2 is 1.67 bits per heavy atom. The monoisotopic (exact) mass is 298 g/mol. The number of nitrogens with two attached hydrogens (primary N) is 1. The molecule has 0 fully saturated rings. The molecule has 114 valence electrons. The Hall–Kier alpha value is -1.89. The maximum atomic E-state index is 12.5. The van der Waals surface area contributed by atoms with Gasteiger partial charge in [0.05, 0.1) is 12.1 Å². The lowest BCUT2D eigenvalue weighted by Gasteiger charge is -2.13. The number of halogens is 3. The molecule has 0 aliphatic rings. The van der Waals surface area contributed by atoms with E-state index in [9.17, 15) is 13.2 Å². The molecule has 0 aliphatic carbocycles. The first-order valence-corrected chi connectivity index (χ1v) is 6.61. The SMILES string of the molecule is CC(C)n1c(CN)nnc1Cc1ccc(C(F)(F)F)cc1.